The second-order valence-electron chi connectivity index (χ2n) is 7.05. The van der Waals surface area contributed by atoms with Crippen LogP contribution in [-0.4, -0.2) is 54.8 Å². The second-order valence-corrected chi connectivity index (χ2v) is 7.05. The van der Waals surface area contributed by atoms with Crippen molar-refractivity contribution >= 4 is 11.6 Å². The summed E-state index contributed by atoms with van der Waals surface area (Å²) >= 11 is 0. The van der Waals surface area contributed by atoms with Gasteiger partial charge < -0.3 is 19.6 Å². The van der Waals surface area contributed by atoms with Gasteiger partial charge in [0.05, 0.1) is 42.0 Å². The molecule has 0 spiro atoms. The number of amides is 1. The van der Waals surface area contributed by atoms with E-state index in [2.05, 4.69) is 0 Å². The molecule has 31 heavy (non-hydrogen) atoms. The van der Waals surface area contributed by atoms with Crippen molar-refractivity contribution in [3.05, 3.63) is 59.2 Å². The molecule has 1 aliphatic rings. The number of nitriles is 1. The molecule has 0 radical (unpaired) electrons. The summed E-state index contributed by atoms with van der Waals surface area (Å²) in [5.41, 5.74) is -0.842. The Hall–Kier alpha value is -3.25. The van der Waals surface area contributed by atoms with Gasteiger partial charge in [-0.15, -0.1) is 0 Å². The highest BCUT2D eigenvalue weighted by Gasteiger charge is 2.36. The monoisotopic (exact) mass is 433 g/mol. The number of aliphatic hydroxyl groups excluding tert-OH is 1. The molecule has 0 bridgehead atoms. The number of benzene rings is 2. The van der Waals surface area contributed by atoms with Gasteiger partial charge >= 0.3 is 6.18 Å². The number of piperazine rings is 1. The first-order valence-corrected chi connectivity index (χ1v) is 9.80. The molecule has 1 amide bonds. The maximum Gasteiger partial charge on any atom is 0.417 e. The van der Waals surface area contributed by atoms with Crippen LogP contribution in [0.4, 0.5) is 18.9 Å². The first-order valence-electron chi connectivity index (χ1n) is 9.80. The van der Waals surface area contributed by atoms with E-state index in [9.17, 15) is 23.1 Å². The van der Waals surface area contributed by atoms with Gasteiger partial charge in [0.2, 0.25) is 0 Å². The zero-order chi connectivity index (χ0) is 22.6. The summed E-state index contributed by atoms with van der Waals surface area (Å²) < 4.78 is 45.5. The highest BCUT2D eigenvalue weighted by Crippen LogP contribution is 2.35. The Morgan fingerprint density at radius 2 is 2.00 bits per heavy atom. The lowest BCUT2D eigenvalue weighted by atomic mass is 10.0. The second kappa shape index (κ2) is 9.27. The van der Waals surface area contributed by atoms with Crippen LogP contribution in [0, 0.1) is 11.3 Å². The molecule has 0 aliphatic carbocycles. The lowest BCUT2D eigenvalue weighted by molar-refractivity contribution is -0.137. The highest BCUT2D eigenvalue weighted by molar-refractivity contribution is 5.97. The summed E-state index contributed by atoms with van der Waals surface area (Å²) in [5.74, 6) is 0.192. The van der Waals surface area contributed by atoms with Gasteiger partial charge in [0.1, 0.15) is 5.75 Å². The van der Waals surface area contributed by atoms with Crippen LogP contribution in [-0.2, 0) is 6.18 Å². The SMILES string of the molecule is CCOc1ccccc1C(=O)N1CCN(c2ccc(C#N)c(C(F)(F)F)c2)C(CO)C1. The van der Waals surface area contributed by atoms with Gasteiger partial charge in [-0.25, -0.2) is 0 Å². The summed E-state index contributed by atoms with van der Waals surface area (Å²) in [6, 6.07) is 11.3. The maximum atomic E-state index is 13.3. The fraction of sp³-hybridized carbons (Fsp3) is 0.364. The number of carbonyl (C=O) groups is 1. The molecule has 2 aromatic carbocycles. The van der Waals surface area contributed by atoms with E-state index in [1.807, 2.05) is 6.92 Å². The van der Waals surface area contributed by atoms with Crippen LogP contribution in [0.15, 0.2) is 42.5 Å². The average molecular weight is 433 g/mol. The van der Waals surface area contributed by atoms with E-state index >= 15 is 0 Å². The number of ether oxygens (including phenoxy) is 1. The lowest BCUT2D eigenvalue weighted by Gasteiger charge is -2.42. The van der Waals surface area contributed by atoms with Crippen molar-refractivity contribution in [1.29, 1.82) is 5.26 Å². The summed E-state index contributed by atoms with van der Waals surface area (Å²) in [6.07, 6.45) is -4.67. The predicted octanol–water partition coefficient (Wildman–Crippen LogP) is 3.30. The Labute approximate surface area is 178 Å². The number of hydrogen-bond acceptors (Lipinski definition) is 5. The van der Waals surface area contributed by atoms with E-state index in [1.165, 1.54) is 6.07 Å². The van der Waals surface area contributed by atoms with Crippen molar-refractivity contribution in [3.63, 3.8) is 0 Å². The first kappa shape index (κ1) is 22.4. The van der Waals surface area contributed by atoms with Gasteiger partial charge in [0.15, 0.2) is 0 Å². The van der Waals surface area contributed by atoms with E-state index in [0.717, 1.165) is 12.1 Å². The number of carbonyl (C=O) groups excluding carboxylic acids is 1. The molecule has 1 heterocycles. The third-order valence-corrected chi connectivity index (χ3v) is 5.16. The van der Waals surface area contributed by atoms with Crippen LogP contribution < -0.4 is 9.64 Å². The molecule has 3 rings (SSSR count). The standard InChI is InChI=1S/C22H22F3N3O3/c1-2-31-20-6-4-3-5-18(20)21(30)27-9-10-28(17(13-27)14-29)16-8-7-15(12-26)19(11-16)22(23,24)25/h3-8,11,17,29H,2,9-10,13-14H2,1H3. The number of aliphatic hydroxyl groups is 1. The van der Waals surface area contributed by atoms with Crippen LogP contribution in [0.1, 0.15) is 28.4 Å². The number of hydrogen-bond donors (Lipinski definition) is 1. The molecular formula is C22H22F3N3O3. The Bertz CT molecular complexity index is 988. The molecule has 1 unspecified atom stereocenters. The van der Waals surface area contributed by atoms with Crippen LogP contribution >= 0.6 is 0 Å². The molecule has 1 N–H and O–H groups in total. The Balaban J connectivity index is 1.84. The van der Waals surface area contributed by atoms with Gasteiger partial charge in [-0.2, -0.15) is 18.4 Å². The van der Waals surface area contributed by atoms with Gasteiger partial charge in [-0.1, -0.05) is 12.1 Å². The van der Waals surface area contributed by atoms with E-state index in [0.29, 0.717) is 17.9 Å². The van der Waals surface area contributed by atoms with E-state index in [1.54, 1.807) is 40.1 Å². The van der Waals surface area contributed by atoms with E-state index in [-0.39, 0.29) is 37.8 Å². The molecule has 164 valence electrons. The summed E-state index contributed by atoms with van der Waals surface area (Å²) in [4.78, 5) is 16.2. The average Bonchev–Trinajstić information content (AvgIpc) is 2.77. The largest absolute Gasteiger partial charge is 0.493 e. The van der Waals surface area contributed by atoms with Gasteiger partial charge in [-0.05, 0) is 37.3 Å². The number of alkyl halides is 3. The van der Waals surface area contributed by atoms with Crippen molar-refractivity contribution in [1.82, 2.24) is 4.90 Å². The Kier molecular flexibility index (Phi) is 6.71. The van der Waals surface area contributed by atoms with Crippen LogP contribution in [0.3, 0.4) is 0 Å². The van der Waals surface area contributed by atoms with Crippen LogP contribution in [0.2, 0.25) is 0 Å². The first-order chi connectivity index (χ1) is 14.8. The minimum atomic E-state index is -4.67. The molecule has 0 saturated carbocycles. The van der Waals surface area contributed by atoms with Crippen molar-refractivity contribution in [2.45, 2.75) is 19.1 Å². The molecule has 0 aromatic heterocycles. The Morgan fingerprint density at radius 1 is 1.26 bits per heavy atom. The topological polar surface area (TPSA) is 76.8 Å². The van der Waals surface area contributed by atoms with Crippen molar-refractivity contribution < 1.29 is 27.8 Å². The molecule has 2 aromatic rings. The minimum Gasteiger partial charge on any atom is -0.493 e. The lowest BCUT2D eigenvalue weighted by Crippen LogP contribution is -2.56. The van der Waals surface area contributed by atoms with Crippen molar-refractivity contribution in [2.75, 3.05) is 37.7 Å². The number of halogens is 3. The smallest absolute Gasteiger partial charge is 0.417 e. The molecule has 1 atom stereocenters. The van der Waals surface area contributed by atoms with Crippen LogP contribution in [0.25, 0.3) is 0 Å². The number of anilines is 1. The van der Waals surface area contributed by atoms with Crippen molar-refractivity contribution in [2.24, 2.45) is 0 Å². The molecular weight excluding hydrogens is 411 g/mol. The number of para-hydroxylation sites is 1. The minimum absolute atomic E-state index is 0.136. The quantitative estimate of drug-likeness (QED) is 0.783. The highest BCUT2D eigenvalue weighted by atomic mass is 19.4. The zero-order valence-corrected chi connectivity index (χ0v) is 16.9. The fourth-order valence-electron chi connectivity index (χ4n) is 3.67. The Morgan fingerprint density at radius 3 is 2.65 bits per heavy atom. The normalized spacial score (nSPS) is 16.7. The molecule has 6 nitrogen and oxygen atoms in total. The molecule has 1 aliphatic heterocycles. The summed E-state index contributed by atoms with van der Waals surface area (Å²) in [7, 11) is 0. The third-order valence-electron chi connectivity index (χ3n) is 5.16. The van der Waals surface area contributed by atoms with Gasteiger partial charge in [0, 0.05) is 25.3 Å². The summed E-state index contributed by atoms with van der Waals surface area (Å²) in [6.45, 7) is 2.50. The van der Waals surface area contributed by atoms with Gasteiger partial charge in [-0.3, -0.25) is 4.79 Å². The van der Waals surface area contributed by atoms with Crippen LogP contribution in [0.5, 0.6) is 5.75 Å². The molecule has 1 saturated heterocycles. The maximum absolute atomic E-state index is 13.3. The molecule has 9 heteroatoms. The van der Waals surface area contributed by atoms with E-state index in [4.69, 9.17) is 10.00 Å². The number of rotatable bonds is 5. The molecule has 1 fully saturated rings. The zero-order valence-electron chi connectivity index (χ0n) is 16.9. The van der Waals surface area contributed by atoms with E-state index < -0.39 is 23.3 Å². The fourth-order valence-corrected chi connectivity index (χ4v) is 3.67. The van der Waals surface area contributed by atoms with Gasteiger partial charge in [0.25, 0.3) is 5.91 Å². The number of nitrogens with zero attached hydrogens (tertiary/aromatic N) is 3. The predicted molar refractivity (Wildman–Crippen MR) is 108 cm³/mol. The third kappa shape index (κ3) is 4.75. The summed E-state index contributed by atoms with van der Waals surface area (Å²) in [5, 5.41) is 18.9. The van der Waals surface area contributed by atoms with Crippen molar-refractivity contribution in [3.8, 4) is 11.8 Å².